The number of aliphatic carboxylic acids is 1. The normalized spacial score (nSPS) is 17.8. The molecule has 2 amide bonds. The van der Waals surface area contributed by atoms with Gasteiger partial charge in [0.1, 0.15) is 0 Å². The Morgan fingerprint density at radius 3 is 2.59 bits per heavy atom. The van der Waals surface area contributed by atoms with Crippen molar-refractivity contribution in [2.24, 2.45) is 5.16 Å². The fourth-order valence-electron chi connectivity index (χ4n) is 3.08. The van der Waals surface area contributed by atoms with Crippen LogP contribution in [0, 0.1) is 0 Å². The van der Waals surface area contributed by atoms with Gasteiger partial charge in [-0.1, -0.05) is 41.6 Å². The molecule has 8 heteroatoms. The summed E-state index contributed by atoms with van der Waals surface area (Å²) in [6.45, 7) is 1.45. The molecule has 2 aromatic rings. The van der Waals surface area contributed by atoms with Crippen LogP contribution in [0.15, 0.2) is 59.8 Å². The molecule has 1 aliphatic heterocycles. The number of hydrogen-bond donors (Lipinski definition) is 3. The van der Waals surface area contributed by atoms with Gasteiger partial charge in [0.25, 0.3) is 5.91 Å². The Morgan fingerprint density at radius 2 is 1.90 bits per heavy atom. The number of carbonyl (C=O) groups is 3. The van der Waals surface area contributed by atoms with Crippen LogP contribution in [0.3, 0.4) is 0 Å². The summed E-state index contributed by atoms with van der Waals surface area (Å²) in [7, 11) is 0. The fourth-order valence-corrected chi connectivity index (χ4v) is 3.08. The van der Waals surface area contributed by atoms with Crippen LogP contribution in [0.4, 0.5) is 5.69 Å². The molecule has 3 N–H and O–H groups in total. The molecule has 29 heavy (non-hydrogen) atoms. The number of nitrogens with one attached hydrogen (secondary N) is 2. The van der Waals surface area contributed by atoms with Crippen molar-refractivity contribution >= 4 is 29.2 Å². The number of hydrogen-bond acceptors (Lipinski definition) is 5. The van der Waals surface area contributed by atoms with Gasteiger partial charge in [0.15, 0.2) is 0 Å². The van der Waals surface area contributed by atoms with Crippen LogP contribution in [-0.4, -0.2) is 40.7 Å². The molecule has 0 aliphatic carbocycles. The maximum atomic E-state index is 12.4. The zero-order valence-electron chi connectivity index (χ0n) is 15.8. The number of amides is 2. The lowest BCUT2D eigenvalue weighted by molar-refractivity contribution is -0.162. The molecule has 0 fully saturated rings. The van der Waals surface area contributed by atoms with Crippen molar-refractivity contribution in [2.45, 2.75) is 25.4 Å². The SMILES string of the molecule is CC(=O)Nc1cccc(C(=O)NCC2=NOC(Cc3ccccc3)(C(=O)O)C2)c1. The summed E-state index contributed by atoms with van der Waals surface area (Å²) in [5.41, 5.74) is 0.663. The lowest BCUT2D eigenvalue weighted by Crippen LogP contribution is -2.42. The van der Waals surface area contributed by atoms with Crippen molar-refractivity contribution in [3.05, 3.63) is 65.7 Å². The highest BCUT2D eigenvalue weighted by Crippen LogP contribution is 2.28. The van der Waals surface area contributed by atoms with E-state index in [-0.39, 0.29) is 31.2 Å². The van der Waals surface area contributed by atoms with E-state index in [9.17, 15) is 19.5 Å². The third-order valence-electron chi connectivity index (χ3n) is 4.46. The molecule has 0 spiro atoms. The number of carboxylic acids is 1. The largest absolute Gasteiger partial charge is 0.478 e. The summed E-state index contributed by atoms with van der Waals surface area (Å²) in [5.74, 6) is -1.70. The van der Waals surface area contributed by atoms with Crippen LogP contribution in [0.5, 0.6) is 0 Å². The van der Waals surface area contributed by atoms with E-state index in [1.807, 2.05) is 30.3 Å². The van der Waals surface area contributed by atoms with Gasteiger partial charge in [-0.2, -0.15) is 0 Å². The van der Waals surface area contributed by atoms with Crippen molar-refractivity contribution in [2.75, 3.05) is 11.9 Å². The number of rotatable bonds is 7. The highest BCUT2D eigenvalue weighted by molar-refractivity contribution is 6.00. The van der Waals surface area contributed by atoms with E-state index in [1.54, 1.807) is 24.3 Å². The third kappa shape index (κ3) is 4.98. The van der Waals surface area contributed by atoms with Gasteiger partial charge in [0.2, 0.25) is 11.5 Å². The van der Waals surface area contributed by atoms with E-state index in [0.29, 0.717) is 17.0 Å². The third-order valence-corrected chi connectivity index (χ3v) is 4.46. The fraction of sp³-hybridized carbons (Fsp3) is 0.238. The molecule has 0 saturated heterocycles. The molecule has 2 aromatic carbocycles. The van der Waals surface area contributed by atoms with E-state index >= 15 is 0 Å². The average Bonchev–Trinajstić information content (AvgIpc) is 3.11. The van der Waals surface area contributed by atoms with Crippen LogP contribution in [0.2, 0.25) is 0 Å². The van der Waals surface area contributed by atoms with Crippen LogP contribution < -0.4 is 10.6 Å². The highest BCUT2D eigenvalue weighted by Gasteiger charge is 2.46. The predicted molar refractivity (Wildman–Crippen MR) is 107 cm³/mol. The van der Waals surface area contributed by atoms with Gasteiger partial charge in [-0.25, -0.2) is 4.79 Å². The molecule has 0 bridgehead atoms. The minimum absolute atomic E-state index is 0.0625. The average molecular weight is 395 g/mol. The van der Waals surface area contributed by atoms with Crippen LogP contribution >= 0.6 is 0 Å². The van der Waals surface area contributed by atoms with Gasteiger partial charge >= 0.3 is 5.97 Å². The second kappa shape index (κ2) is 8.55. The standard InChI is InChI=1S/C21H21N3O5/c1-14(25)23-17-9-5-8-16(10-17)19(26)22-13-18-12-21(20(27)28,29-24-18)11-15-6-3-2-4-7-15/h2-10H,11-13H2,1H3,(H,22,26)(H,23,25)(H,27,28). The monoisotopic (exact) mass is 395 g/mol. The summed E-state index contributed by atoms with van der Waals surface area (Å²) in [4.78, 5) is 40.7. The Bertz CT molecular complexity index is 958. The number of carbonyl (C=O) groups excluding carboxylic acids is 2. The van der Waals surface area contributed by atoms with Gasteiger partial charge in [-0.3, -0.25) is 9.59 Å². The zero-order valence-corrected chi connectivity index (χ0v) is 15.8. The number of carboxylic acid groups (broad SMARTS) is 1. The Kier molecular flexibility index (Phi) is 5.92. The van der Waals surface area contributed by atoms with Gasteiger partial charge < -0.3 is 20.6 Å². The lowest BCUT2D eigenvalue weighted by Gasteiger charge is -2.21. The second-order valence-electron chi connectivity index (χ2n) is 6.83. The molecular formula is C21H21N3O5. The highest BCUT2D eigenvalue weighted by atomic mass is 16.7. The van der Waals surface area contributed by atoms with Gasteiger partial charge in [-0.05, 0) is 23.8 Å². The maximum absolute atomic E-state index is 12.4. The summed E-state index contributed by atoms with van der Waals surface area (Å²) in [5, 5.41) is 18.9. The Labute approximate surface area is 167 Å². The molecule has 1 unspecified atom stereocenters. The molecule has 3 rings (SSSR count). The van der Waals surface area contributed by atoms with E-state index in [1.165, 1.54) is 6.92 Å². The van der Waals surface area contributed by atoms with Crippen molar-refractivity contribution in [1.82, 2.24) is 5.32 Å². The number of nitrogens with zero attached hydrogens (tertiary/aromatic N) is 1. The first-order valence-electron chi connectivity index (χ1n) is 9.05. The molecule has 1 heterocycles. The molecular weight excluding hydrogens is 374 g/mol. The lowest BCUT2D eigenvalue weighted by atomic mass is 9.90. The molecule has 8 nitrogen and oxygen atoms in total. The molecule has 150 valence electrons. The Morgan fingerprint density at radius 1 is 1.14 bits per heavy atom. The first kappa shape index (κ1) is 20.1. The van der Waals surface area contributed by atoms with Crippen LogP contribution in [0.25, 0.3) is 0 Å². The topological polar surface area (TPSA) is 117 Å². The summed E-state index contributed by atoms with van der Waals surface area (Å²) >= 11 is 0. The van der Waals surface area contributed by atoms with Crippen LogP contribution in [-0.2, 0) is 20.8 Å². The number of oxime groups is 1. The molecule has 0 radical (unpaired) electrons. The Hall–Kier alpha value is -3.68. The smallest absolute Gasteiger partial charge is 0.351 e. The van der Waals surface area contributed by atoms with Crippen molar-refractivity contribution in [1.29, 1.82) is 0 Å². The molecule has 1 atom stereocenters. The molecule has 1 aliphatic rings. The molecule has 0 saturated carbocycles. The van der Waals surface area contributed by atoms with E-state index in [4.69, 9.17) is 4.84 Å². The van der Waals surface area contributed by atoms with Crippen molar-refractivity contribution < 1.29 is 24.3 Å². The van der Waals surface area contributed by atoms with Gasteiger partial charge in [-0.15, -0.1) is 0 Å². The van der Waals surface area contributed by atoms with Crippen molar-refractivity contribution in [3.63, 3.8) is 0 Å². The second-order valence-corrected chi connectivity index (χ2v) is 6.83. The summed E-state index contributed by atoms with van der Waals surface area (Å²) < 4.78 is 0. The summed E-state index contributed by atoms with van der Waals surface area (Å²) in [6, 6.07) is 15.7. The first-order chi connectivity index (χ1) is 13.9. The maximum Gasteiger partial charge on any atom is 0.351 e. The van der Waals surface area contributed by atoms with Crippen LogP contribution in [0.1, 0.15) is 29.3 Å². The van der Waals surface area contributed by atoms with E-state index < -0.39 is 11.6 Å². The number of benzene rings is 2. The number of anilines is 1. The van der Waals surface area contributed by atoms with E-state index in [0.717, 1.165) is 5.56 Å². The van der Waals surface area contributed by atoms with E-state index in [2.05, 4.69) is 15.8 Å². The predicted octanol–water partition coefficient (Wildman–Crippen LogP) is 2.22. The quantitative estimate of drug-likeness (QED) is 0.665. The minimum atomic E-state index is -1.48. The Balaban J connectivity index is 1.61. The minimum Gasteiger partial charge on any atom is -0.478 e. The first-order valence-corrected chi connectivity index (χ1v) is 9.05. The zero-order chi connectivity index (χ0) is 20.9. The van der Waals surface area contributed by atoms with Gasteiger partial charge in [0, 0.05) is 31.0 Å². The molecule has 0 aromatic heterocycles. The summed E-state index contributed by atoms with van der Waals surface area (Å²) in [6.07, 6.45) is 0.242. The van der Waals surface area contributed by atoms with Gasteiger partial charge in [0.05, 0.1) is 12.3 Å². The van der Waals surface area contributed by atoms with Crippen molar-refractivity contribution in [3.8, 4) is 0 Å².